The van der Waals surface area contributed by atoms with Crippen LogP contribution in [0.5, 0.6) is 0 Å². The maximum atomic E-state index is 12.6. The van der Waals surface area contributed by atoms with Gasteiger partial charge in [-0.05, 0) is 22.7 Å². The Balaban J connectivity index is 0.000000891. The van der Waals surface area contributed by atoms with Crippen LogP contribution in [0.25, 0.3) is 0 Å². The number of hydrogen-bond donors (Lipinski definition) is 2. The third-order valence-electron chi connectivity index (χ3n) is 5.03. The van der Waals surface area contributed by atoms with E-state index in [0.29, 0.717) is 24.9 Å². The molecule has 1 aliphatic carbocycles. The van der Waals surface area contributed by atoms with Crippen LogP contribution in [0.15, 0.2) is 0 Å². The van der Waals surface area contributed by atoms with Gasteiger partial charge in [-0.3, -0.25) is 14.4 Å². The van der Waals surface area contributed by atoms with Crippen molar-refractivity contribution in [1.82, 2.24) is 10.2 Å². The third kappa shape index (κ3) is 4.21. The molecule has 0 radical (unpaired) electrons. The zero-order chi connectivity index (χ0) is 18.9. The standard InChI is InChI=1S/C15H24F2N2O2.CH2O2/c1-14(2,3)10(18-12(20)11(16)17)13(21)19-6-8-9(7-19)15(8,4)5;2-1-3/h8-11H,6-7H2,1-5H3,(H,18,20);1H,(H,2,3). The lowest BCUT2D eigenvalue weighted by atomic mass is 9.85. The van der Waals surface area contributed by atoms with Crippen LogP contribution in [0, 0.1) is 22.7 Å². The lowest BCUT2D eigenvalue weighted by molar-refractivity contribution is -0.142. The van der Waals surface area contributed by atoms with Gasteiger partial charge in [-0.25, -0.2) is 0 Å². The minimum absolute atomic E-state index is 0.250. The summed E-state index contributed by atoms with van der Waals surface area (Å²) in [4.78, 5) is 33.9. The van der Waals surface area contributed by atoms with E-state index in [0.717, 1.165) is 0 Å². The van der Waals surface area contributed by atoms with Gasteiger partial charge >= 0.3 is 6.43 Å². The summed E-state index contributed by atoms with van der Waals surface area (Å²) < 4.78 is 24.9. The predicted molar refractivity (Wildman–Crippen MR) is 83.4 cm³/mol. The summed E-state index contributed by atoms with van der Waals surface area (Å²) >= 11 is 0. The van der Waals surface area contributed by atoms with Gasteiger partial charge in [-0.2, -0.15) is 8.78 Å². The lowest BCUT2D eigenvalue weighted by Crippen LogP contribution is -2.56. The van der Waals surface area contributed by atoms with Crippen LogP contribution in [0.2, 0.25) is 0 Å². The number of carboxylic acid groups (broad SMARTS) is 1. The van der Waals surface area contributed by atoms with E-state index in [4.69, 9.17) is 9.90 Å². The molecule has 1 saturated heterocycles. The molecule has 0 aromatic carbocycles. The van der Waals surface area contributed by atoms with Gasteiger partial charge < -0.3 is 15.3 Å². The van der Waals surface area contributed by atoms with Gasteiger partial charge in [-0.1, -0.05) is 34.6 Å². The van der Waals surface area contributed by atoms with E-state index in [1.54, 1.807) is 25.7 Å². The number of alkyl halides is 2. The Labute approximate surface area is 140 Å². The Morgan fingerprint density at radius 2 is 1.67 bits per heavy atom. The molecule has 8 heteroatoms. The van der Waals surface area contributed by atoms with E-state index in [2.05, 4.69) is 19.2 Å². The van der Waals surface area contributed by atoms with Gasteiger partial charge in [0.2, 0.25) is 5.91 Å². The minimum Gasteiger partial charge on any atom is -0.483 e. The van der Waals surface area contributed by atoms with Crippen molar-refractivity contribution >= 4 is 18.3 Å². The van der Waals surface area contributed by atoms with Crippen LogP contribution in [0.3, 0.4) is 0 Å². The van der Waals surface area contributed by atoms with Crippen molar-refractivity contribution in [3.05, 3.63) is 0 Å². The van der Waals surface area contributed by atoms with Gasteiger partial charge in [-0.15, -0.1) is 0 Å². The predicted octanol–water partition coefficient (Wildman–Crippen LogP) is 1.60. The van der Waals surface area contributed by atoms with Crippen LogP contribution in [0.4, 0.5) is 8.78 Å². The van der Waals surface area contributed by atoms with Crippen molar-refractivity contribution in [2.45, 2.75) is 47.1 Å². The summed E-state index contributed by atoms with van der Waals surface area (Å²) in [5.74, 6) is -0.645. The quantitative estimate of drug-likeness (QED) is 0.759. The molecule has 3 atom stereocenters. The highest BCUT2D eigenvalue weighted by molar-refractivity contribution is 5.89. The highest BCUT2D eigenvalue weighted by atomic mass is 19.3. The molecule has 1 aliphatic heterocycles. The number of amides is 2. The van der Waals surface area contributed by atoms with E-state index < -0.39 is 23.8 Å². The number of carbonyl (C=O) groups is 3. The topological polar surface area (TPSA) is 86.7 Å². The summed E-state index contributed by atoms with van der Waals surface area (Å²) in [6, 6.07) is -0.917. The van der Waals surface area contributed by atoms with Crippen molar-refractivity contribution in [2.24, 2.45) is 22.7 Å². The monoisotopic (exact) mass is 348 g/mol. The second kappa shape index (κ2) is 7.03. The average Bonchev–Trinajstić information content (AvgIpc) is 2.81. The molecule has 0 aromatic heterocycles. The number of piperidine rings is 1. The Morgan fingerprint density at radius 3 is 2.00 bits per heavy atom. The Morgan fingerprint density at radius 1 is 1.25 bits per heavy atom. The van der Waals surface area contributed by atoms with Crippen molar-refractivity contribution in [3.8, 4) is 0 Å². The van der Waals surface area contributed by atoms with Gasteiger partial charge in [0.25, 0.3) is 12.4 Å². The molecule has 2 fully saturated rings. The number of carbonyl (C=O) groups excluding carboxylic acids is 2. The Kier molecular flexibility index (Phi) is 5.95. The zero-order valence-corrected chi connectivity index (χ0v) is 14.7. The number of likely N-dealkylation sites (tertiary alicyclic amines) is 1. The largest absolute Gasteiger partial charge is 0.483 e. The number of hydrogen-bond acceptors (Lipinski definition) is 3. The molecule has 2 amide bonds. The Hall–Kier alpha value is -1.73. The van der Waals surface area contributed by atoms with Gasteiger partial charge in [0.1, 0.15) is 6.04 Å². The van der Waals surface area contributed by atoms with Crippen LogP contribution in [0.1, 0.15) is 34.6 Å². The van der Waals surface area contributed by atoms with Crippen LogP contribution >= 0.6 is 0 Å². The number of halogens is 2. The first kappa shape index (κ1) is 20.3. The molecule has 138 valence electrons. The smallest absolute Gasteiger partial charge is 0.315 e. The maximum Gasteiger partial charge on any atom is 0.315 e. The lowest BCUT2D eigenvalue weighted by Gasteiger charge is -2.34. The van der Waals surface area contributed by atoms with E-state index in [1.807, 2.05) is 0 Å². The summed E-state index contributed by atoms with van der Waals surface area (Å²) in [7, 11) is 0. The molecule has 2 N–H and O–H groups in total. The van der Waals surface area contributed by atoms with Crippen molar-refractivity contribution in [1.29, 1.82) is 0 Å². The molecule has 24 heavy (non-hydrogen) atoms. The summed E-state index contributed by atoms with van der Waals surface area (Å²) in [6.07, 6.45) is -3.10. The second-order valence-electron chi connectivity index (χ2n) is 7.99. The molecule has 1 heterocycles. The summed E-state index contributed by atoms with van der Waals surface area (Å²) in [5, 5.41) is 9.09. The Bertz CT molecular complexity index is 489. The van der Waals surface area contributed by atoms with Gasteiger partial charge in [0.15, 0.2) is 0 Å². The fourth-order valence-electron chi connectivity index (χ4n) is 3.35. The summed E-state index contributed by atoms with van der Waals surface area (Å²) in [5.41, 5.74) is -0.329. The second-order valence-corrected chi connectivity index (χ2v) is 7.99. The van der Waals surface area contributed by atoms with Crippen molar-refractivity contribution in [2.75, 3.05) is 13.1 Å². The first-order valence-electron chi connectivity index (χ1n) is 7.83. The molecule has 0 spiro atoms. The molecular weight excluding hydrogens is 322 g/mol. The van der Waals surface area contributed by atoms with Crippen LogP contribution < -0.4 is 5.32 Å². The molecule has 0 bridgehead atoms. The van der Waals surface area contributed by atoms with E-state index >= 15 is 0 Å². The number of rotatable bonds is 3. The van der Waals surface area contributed by atoms with Gasteiger partial charge in [0.05, 0.1) is 0 Å². The zero-order valence-electron chi connectivity index (χ0n) is 14.7. The molecular formula is C16H26F2N2O4. The minimum atomic E-state index is -3.10. The molecule has 2 aliphatic rings. The molecule has 3 unspecified atom stereocenters. The maximum absolute atomic E-state index is 12.6. The number of fused-ring (bicyclic) bond motifs is 1. The van der Waals surface area contributed by atoms with Crippen molar-refractivity contribution in [3.63, 3.8) is 0 Å². The van der Waals surface area contributed by atoms with Gasteiger partial charge in [0, 0.05) is 13.1 Å². The highest BCUT2D eigenvalue weighted by Crippen LogP contribution is 2.62. The average molecular weight is 348 g/mol. The molecule has 0 aromatic rings. The van der Waals surface area contributed by atoms with E-state index in [-0.39, 0.29) is 17.8 Å². The normalized spacial score (nSPS) is 25.2. The molecule has 1 saturated carbocycles. The first-order chi connectivity index (χ1) is 10.9. The summed E-state index contributed by atoms with van der Waals surface area (Å²) in [6.45, 7) is 10.7. The fourth-order valence-corrected chi connectivity index (χ4v) is 3.35. The SMILES string of the molecule is CC(C)(C)C(NC(=O)C(F)F)C(=O)N1CC2C(C1)C2(C)C.O=CO. The number of nitrogens with zero attached hydrogens (tertiary/aromatic N) is 1. The van der Waals surface area contributed by atoms with Crippen molar-refractivity contribution < 1.29 is 28.3 Å². The molecule has 6 nitrogen and oxygen atoms in total. The third-order valence-corrected chi connectivity index (χ3v) is 5.03. The van der Waals surface area contributed by atoms with Crippen LogP contribution in [-0.2, 0) is 14.4 Å². The highest BCUT2D eigenvalue weighted by Gasteiger charge is 2.63. The fraction of sp³-hybridized carbons (Fsp3) is 0.812. The van der Waals surface area contributed by atoms with E-state index in [9.17, 15) is 18.4 Å². The number of nitrogens with one attached hydrogen (secondary N) is 1. The van der Waals surface area contributed by atoms with E-state index in [1.165, 1.54) is 0 Å². The molecule has 2 rings (SSSR count). The van der Waals surface area contributed by atoms with Crippen LogP contribution in [-0.4, -0.2) is 53.8 Å². The first-order valence-corrected chi connectivity index (χ1v) is 7.83.